The highest BCUT2D eigenvalue weighted by Crippen LogP contribution is 2.07. The van der Waals surface area contributed by atoms with Crippen molar-refractivity contribution < 1.29 is 0 Å². The van der Waals surface area contributed by atoms with E-state index in [9.17, 15) is 0 Å². The number of piperidine rings is 1. The summed E-state index contributed by atoms with van der Waals surface area (Å²) >= 11 is 0. The highest BCUT2D eigenvalue weighted by Gasteiger charge is 2.09. The minimum Gasteiger partial charge on any atom is -0.356 e. The molecule has 0 bridgehead atoms. The van der Waals surface area contributed by atoms with Crippen molar-refractivity contribution in [3.63, 3.8) is 0 Å². The fourth-order valence-corrected chi connectivity index (χ4v) is 2.82. The molecule has 0 saturated carbocycles. The second kappa shape index (κ2) is 11.7. The third-order valence-electron chi connectivity index (χ3n) is 4.22. The second-order valence-electron chi connectivity index (χ2n) is 6.06. The van der Waals surface area contributed by atoms with Crippen molar-refractivity contribution in [2.75, 3.05) is 39.8 Å². The van der Waals surface area contributed by atoms with Crippen molar-refractivity contribution in [1.29, 1.82) is 0 Å². The number of halogens is 1. The highest BCUT2D eigenvalue weighted by molar-refractivity contribution is 14.0. The molecule has 1 aliphatic heterocycles. The number of benzene rings is 1. The second-order valence-corrected chi connectivity index (χ2v) is 6.06. The molecule has 1 heterocycles. The maximum Gasteiger partial charge on any atom is 0.191 e. The Morgan fingerprint density at radius 3 is 2.35 bits per heavy atom. The molecule has 0 amide bonds. The van der Waals surface area contributed by atoms with Crippen molar-refractivity contribution in [1.82, 2.24) is 15.5 Å². The van der Waals surface area contributed by atoms with Crippen LogP contribution in [0.25, 0.3) is 0 Å². The Hall–Kier alpha value is -0.820. The first-order valence-electron chi connectivity index (χ1n) is 8.50. The number of guanidine groups is 1. The molecule has 23 heavy (non-hydrogen) atoms. The molecule has 0 aliphatic carbocycles. The van der Waals surface area contributed by atoms with Crippen LogP contribution in [0.3, 0.4) is 0 Å². The number of aryl methyl sites for hydroxylation is 1. The molecule has 1 aromatic carbocycles. The van der Waals surface area contributed by atoms with Crippen LogP contribution in [0.5, 0.6) is 0 Å². The first kappa shape index (κ1) is 20.2. The lowest BCUT2D eigenvalue weighted by atomic mass is 10.1. The first-order valence-corrected chi connectivity index (χ1v) is 8.50. The van der Waals surface area contributed by atoms with Crippen molar-refractivity contribution in [2.24, 2.45) is 4.99 Å². The molecular weight excluding hydrogens is 399 g/mol. The van der Waals surface area contributed by atoms with Crippen LogP contribution in [0.1, 0.15) is 30.4 Å². The van der Waals surface area contributed by atoms with Crippen LogP contribution in [0.2, 0.25) is 0 Å². The van der Waals surface area contributed by atoms with Gasteiger partial charge in [-0.2, -0.15) is 0 Å². The van der Waals surface area contributed by atoms with Gasteiger partial charge in [0.2, 0.25) is 0 Å². The zero-order chi connectivity index (χ0) is 15.6. The molecule has 0 unspecified atom stereocenters. The van der Waals surface area contributed by atoms with Crippen molar-refractivity contribution >= 4 is 29.9 Å². The lowest BCUT2D eigenvalue weighted by Crippen LogP contribution is -2.43. The molecule has 5 heteroatoms. The van der Waals surface area contributed by atoms with Crippen LogP contribution in [0.15, 0.2) is 29.3 Å². The Balaban J connectivity index is 0.00000264. The van der Waals surface area contributed by atoms with E-state index in [2.05, 4.69) is 51.7 Å². The third-order valence-corrected chi connectivity index (χ3v) is 4.22. The SMILES string of the molecule is CN=C(NCCc1ccc(C)cc1)NCCN1CCCCC1.I. The summed E-state index contributed by atoms with van der Waals surface area (Å²) in [4.78, 5) is 6.83. The van der Waals surface area contributed by atoms with Crippen LogP contribution in [-0.2, 0) is 6.42 Å². The third kappa shape index (κ3) is 8.01. The van der Waals surface area contributed by atoms with Gasteiger partial charge in [0.25, 0.3) is 0 Å². The minimum atomic E-state index is 0. The van der Waals surface area contributed by atoms with Crippen LogP contribution in [-0.4, -0.2) is 50.6 Å². The average Bonchev–Trinajstić information content (AvgIpc) is 2.56. The Kier molecular flexibility index (Phi) is 10.3. The summed E-state index contributed by atoms with van der Waals surface area (Å²) in [6.07, 6.45) is 5.12. The lowest BCUT2D eigenvalue weighted by Gasteiger charge is -2.26. The van der Waals surface area contributed by atoms with E-state index in [1.54, 1.807) is 0 Å². The molecule has 4 nitrogen and oxygen atoms in total. The summed E-state index contributed by atoms with van der Waals surface area (Å²) in [6, 6.07) is 8.73. The number of nitrogens with one attached hydrogen (secondary N) is 2. The van der Waals surface area contributed by atoms with Crippen LogP contribution in [0, 0.1) is 6.92 Å². The van der Waals surface area contributed by atoms with E-state index in [0.29, 0.717) is 0 Å². The summed E-state index contributed by atoms with van der Waals surface area (Å²) in [7, 11) is 1.84. The summed E-state index contributed by atoms with van der Waals surface area (Å²) in [5, 5.41) is 6.80. The number of nitrogens with zero attached hydrogens (tertiary/aromatic N) is 2. The zero-order valence-corrected chi connectivity index (χ0v) is 16.8. The van der Waals surface area contributed by atoms with Gasteiger partial charge in [0.1, 0.15) is 0 Å². The fourth-order valence-electron chi connectivity index (χ4n) is 2.82. The summed E-state index contributed by atoms with van der Waals surface area (Å²) in [5.74, 6) is 0.907. The van der Waals surface area contributed by atoms with Gasteiger partial charge in [0, 0.05) is 26.7 Å². The lowest BCUT2D eigenvalue weighted by molar-refractivity contribution is 0.232. The molecule has 1 fully saturated rings. The zero-order valence-electron chi connectivity index (χ0n) is 14.5. The van der Waals surface area contributed by atoms with E-state index in [4.69, 9.17) is 0 Å². The van der Waals surface area contributed by atoms with E-state index in [1.807, 2.05) is 7.05 Å². The van der Waals surface area contributed by atoms with Gasteiger partial charge in [0.15, 0.2) is 5.96 Å². The van der Waals surface area contributed by atoms with E-state index in [1.165, 1.54) is 43.5 Å². The molecule has 2 N–H and O–H groups in total. The maximum absolute atomic E-state index is 4.29. The predicted octanol–water partition coefficient (Wildman–Crippen LogP) is 2.81. The first-order chi connectivity index (χ1) is 10.8. The van der Waals surface area contributed by atoms with Crippen LogP contribution in [0.4, 0.5) is 0 Å². The number of hydrogen-bond donors (Lipinski definition) is 2. The van der Waals surface area contributed by atoms with Crippen LogP contribution >= 0.6 is 24.0 Å². The molecule has 0 atom stereocenters. The Morgan fingerprint density at radius 1 is 1.04 bits per heavy atom. The molecule has 1 aromatic rings. The van der Waals surface area contributed by atoms with Gasteiger partial charge in [-0.05, 0) is 44.8 Å². The Labute approximate surface area is 158 Å². The highest BCUT2D eigenvalue weighted by atomic mass is 127. The van der Waals surface area contributed by atoms with Gasteiger partial charge in [-0.3, -0.25) is 4.99 Å². The van der Waals surface area contributed by atoms with Crippen LogP contribution < -0.4 is 10.6 Å². The molecule has 1 saturated heterocycles. The van der Waals surface area contributed by atoms with Crippen molar-refractivity contribution in [2.45, 2.75) is 32.6 Å². The van der Waals surface area contributed by atoms with Gasteiger partial charge in [0.05, 0.1) is 0 Å². The molecule has 0 aromatic heterocycles. The smallest absolute Gasteiger partial charge is 0.191 e. The van der Waals surface area contributed by atoms with Gasteiger partial charge >= 0.3 is 0 Å². The van der Waals surface area contributed by atoms with Gasteiger partial charge in [-0.15, -0.1) is 24.0 Å². The van der Waals surface area contributed by atoms with E-state index in [0.717, 1.165) is 32.0 Å². The van der Waals surface area contributed by atoms with Gasteiger partial charge in [-0.1, -0.05) is 36.2 Å². The Bertz CT molecular complexity index is 453. The predicted molar refractivity (Wildman–Crippen MR) is 110 cm³/mol. The topological polar surface area (TPSA) is 39.7 Å². The molecule has 0 radical (unpaired) electrons. The average molecular weight is 430 g/mol. The number of aliphatic imine (C=N–C) groups is 1. The molecule has 1 aliphatic rings. The molecular formula is C18H31IN4. The number of hydrogen-bond acceptors (Lipinski definition) is 2. The van der Waals surface area contributed by atoms with Crippen molar-refractivity contribution in [3.05, 3.63) is 35.4 Å². The Morgan fingerprint density at radius 2 is 1.70 bits per heavy atom. The largest absolute Gasteiger partial charge is 0.356 e. The monoisotopic (exact) mass is 430 g/mol. The minimum absolute atomic E-state index is 0. The fraction of sp³-hybridized carbons (Fsp3) is 0.611. The molecule has 0 spiro atoms. The normalized spacial score (nSPS) is 15.8. The quantitative estimate of drug-likeness (QED) is 0.414. The summed E-state index contributed by atoms with van der Waals surface area (Å²) in [6.45, 7) is 7.60. The number of rotatable bonds is 6. The molecule has 130 valence electrons. The van der Waals surface area contributed by atoms with E-state index >= 15 is 0 Å². The van der Waals surface area contributed by atoms with Crippen molar-refractivity contribution in [3.8, 4) is 0 Å². The summed E-state index contributed by atoms with van der Waals surface area (Å²) < 4.78 is 0. The summed E-state index contributed by atoms with van der Waals surface area (Å²) in [5.41, 5.74) is 2.67. The number of likely N-dealkylation sites (tertiary alicyclic amines) is 1. The van der Waals surface area contributed by atoms with E-state index < -0.39 is 0 Å². The standard InChI is InChI=1S/C18H30N4.HI/c1-16-6-8-17(9-7-16)10-11-20-18(19-2)21-12-15-22-13-4-3-5-14-22;/h6-9H,3-5,10-15H2,1-2H3,(H2,19,20,21);1H. The maximum atomic E-state index is 4.29. The van der Waals surface area contributed by atoms with Gasteiger partial charge in [-0.25, -0.2) is 0 Å². The van der Waals surface area contributed by atoms with E-state index in [-0.39, 0.29) is 24.0 Å². The van der Waals surface area contributed by atoms with Gasteiger partial charge < -0.3 is 15.5 Å². The molecule has 2 rings (SSSR count).